The fourth-order valence-electron chi connectivity index (χ4n) is 6.92. The molecular formula is C45H78O2. The van der Waals surface area contributed by atoms with Crippen molar-refractivity contribution in [2.24, 2.45) is 5.41 Å². The van der Waals surface area contributed by atoms with Crippen LogP contribution in [-0.2, 0) is 9.53 Å². The van der Waals surface area contributed by atoms with Crippen LogP contribution in [-0.4, -0.2) is 12.6 Å². The summed E-state index contributed by atoms with van der Waals surface area (Å²) in [6, 6.07) is 0. The molecule has 0 aromatic heterocycles. The highest BCUT2D eigenvalue weighted by atomic mass is 16.5. The van der Waals surface area contributed by atoms with Crippen LogP contribution in [0.15, 0.2) is 58.7 Å². The third kappa shape index (κ3) is 24.9. The second kappa shape index (κ2) is 29.1. The first-order chi connectivity index (χ1) is 22.8. The largest absolute Gasteiger partial charge is 0.461 e. The van der Waals surface area contributed by atoms with Crippen LogP contribution in [0.3, 0.4) is 0 Å². The molecule has 270 valence electrons. The van der Waals surface area contributed by atoms with Crippen molar-refractivity contribution in [1.29, 1.82) is 0 Å². The third-order valence-corrected chi connectivity index (χ3v) is 10.2. The molecule has 0 radical (unpaired) electrons. The summed E-state index contributed by atoms with van der Waals surface area (Å²) in [6.07, 6.45) is 47.6. The minimum absolute atomic E-state index is 0.0673. The molecule has 0 aliphatic heterocycles. The fraction of sp³-hybridized carbons (Fsp3) is 0.756. The molecule has 47 heavy (non-hydrogen) atoms. The minimum atomic E-state index is -0.0673. The molecule has 0 amide bonds. The maximum atomic E-state index is 12.1. The summed E-state index contributed by atoms with van der Waals surface area (Å²) in [4.78, 5) is 12.1. The van der Waals surface area contributed by atoms with Gasteiger partial charge in [-0.05, 0) is 63.5 Å². The Hall–Kier alpha value is -1.83. The van der Waals surface area contributed by atoms with Gasteiger partial charge >= 0.3 is 5.97 Å². The highest BCUT2D eigenvalue weighted by Gasteiger charge is 2.26. The molecule has 0 N–H and O–H groups in total. The van der Waals surface area contributed by atoms with E-state index in [2.05, 4.69) is 71.9 Å². The van der Waals surface area contributed by atoms with Crippen LogP contribution in [0.1, 0.15) is 208 Å². The van der Waals surface area contributed by atoms with Crippen molar-refractivity contribution in [1.82, 2.24) is 0 Å². The van der Waals surface area contributed by atoms with Gasteiger partial charge < -0.3 is 4.74 Å². The number of allylic oxidation sites excluding steroid dienone is 9. The van der Waals surface area contributed by atoms with Crippen molar-refractivity contribution in [3.8, 4) is 0 Å². The topological polar surface area (TPSA) is 26.3 Å². The number of unbranched alkanes of at least 4 members (excludes halogenated alkanes) is 21. The lowest BCUT2D eigenvalue weighted by molar-refractivity contribution is -0.142. The molecule has 0 heterocycles. The average molecular weight is 651 g/mol. The first kappa shape index (κ1) is 43.2. The van der Waals surface area contributed by atoms with E-state index in [-0.39, 0.29) is 11.4 Å². The molecule has 0 fully saturated rings. The van der Waals surface area contributed by atoms with Crippen LogP contribution in [0.25, 0.3) is 0 Å². The van der Waals surface area contributed by atoms with Crippen LogP contribution in [0.4, 0.5) is 0 Å². The van der Waals surface area contributed by atoms with Crippen LogP contribution in [0, 0.1) is 5.41 Å². The van der Waals surface area contributed by atoms with Crippen LogP contribution < -0.4 is 0 Å². The number of carbonyl (C=O) groups is 1. The molecule has 0 saturated heterocycles. The van der Waals surface area contributed by atoms with Gasteiger partial charge in [-0.15, -0.1) is 0 Å². The zero-order valence-corrected chi connectivity index (χ0v) is 32.4. The van der Waals surface area contributed by atoms with Gasteiger partial charge in [-0.3, -0.25) is 4.79 Å². The van der Waals surface area contributed by atoms with E-state index in [1.54, 1.807) is 0 Å². The average Bonchev–Trinajstić information content (AvgIpc) is 3.03. The summed E-state index contributed by atoms with van der Waals surface area (Å²) < 4.78 is 5.44. The standard InChI is InChI=1S/C45H78O2/c1-7-8-9-10-11-12-13-14-15-16-17-18-19-20-21-22-23-24-25-26-27-28-34-44(46)47-39-37-41(3)32-29-31-40(2)35-36-43-42(4)33-30-38-45(43,5)6/h29,31-32,35-37H,7-28,30,33-34,38-39H2,1-6H3/b32-29+,36-35+,40-31+,41-37+. The normalized spacial score (nSPS) is 15.8. The van der Waals surface area contributed by atoms with Gasteiger partial charge in [0.25, 0.3) is 0 Å². The summed E-state index contributed by atoms with van der Waals surface area (Å²) in [5.41, 5.74) is 5.66. The molecule has 0 saturated carbocycles. The quantitative estimate of drug-likeness (QED) is 0.0457. The summed E-state index contributed by atoms with van der Waals surface area (Å²) >= 11 is 0. The van der Waals surface area contributed by atoms with Gasteiger partial charge in [0, 0.05) is 6.42 Å². The predicted octanol–water partition coefficient (Wildman–Crippen LogP) is 15.1. The lowest BCUT2D eigenvalue weighted by atomic mass is 9.72. The number of rotatable bonds is 29. The van der Waals surface area contributed by atoms with Crippen LogP contribution in [0.2, 0.25) is 0 Å². The van der Waals surface area contributed by atoms with Gasteiger partial charge in [-0.2, -0.15) is 0 Å². The summed E-state index contributed by atoms with van der Waals surface area (Å²) in [7, 11) is 0. The fourth-order valence-corrected chi connectivity index (χ4v) is 6.92. The Labute approximate surface area is 294 Å². The second-order valence-electron chi connectivity index (χ2n) is 15.3. The number of esters is 1. The molecule has 1 rings (SSSR count). The maximum Gasteiger partial charge on any atom is 0.306 e. The van der Waals surface area contributed by atoms with E-state index in [1.165, 1.54) is 164 Å². The smallest absolute Gasteiger partial charge is 0.306 e. The third-order valence-electron chi connectivity index (χ3n) is 10.2. The molecule has 0 atom stereocenters. The van der Waals surface area contributed by atoms with Crippen LogP contribution in [0.5, 0.6) is 0 Å². The van der Waals surface area contributed by atoms with E-state index in [9.17, 15) is 4.79 Å². The van der Waals surface area contributed by atoms with E-state index < -0.39 is 0 Å². The minimum Gasteiger partial charge on any atom is -0.461 e. The molecule has 1 aliphatic carbocycles. The SMILES string of the molecule is CCCCCCCCCCCCCCCCCCCCCCCCC(=O)OC/C=C(C)/C=C/C=C(C)/C=C/C1=C(C)CCCC1(C)C. The Balaban J connectivity index is 1.94. The molecular weight excluding hydrogens is 572 g/mol. The van der Waals surface area contributed by atoms with Gasteiger partial charge in [-0.25, -0.2) is 0 Å². The van der Waals surface area contributed by atoms with Crippen molar-refractivity contribution < 1.29 is 9.53 Å². The molecule has 2 nitrogen and oxygen atoms in total. The highest BCUT2D eigenvalue weighted by molar-refractivity contribution is 5.69. The predicted molar refractivity (Wildman–Crippen MR) is 209 cm³/mol. The molecule has 0 unspecified atom stereocenters. The van der Waals surface area contributed by atoms with E-state index in [4.69, 9.17) is 4.74 Å². The number of ether oxygens (including phenoxy) is 1. The molecule has 0 aromatic carbocycles. The summed E-state index contributed by atoms with van der Waals surface area (Å²) in [5, 5.41) is 0. The van der Waals surface area contributed by atoms with E-state index in [0.29, 0.717) is 13.0 Å². The van der Waals surface area contributed by atoms with Gasteiger partial charge in [-0.1, -0.05) is 203 Å². The van der Waals surface area contributed by atoms with Crippen molar-refractivity contribution in [3.63, 3.8) is 0 Å². The van der Waals surface area contributed by atoms with E-state index >= 15 is 0 Å². The Morgan fingerprint density at radius 2 is 1.15 bits per heavy atom. The number of carbonyl (C=O) groups excluding carboxylic acids is 1. The first-order valence-electron chi connectivity index (χ1n) is 20.3. The summed E-state index contributed by atoms with van der Waals surface area (Å²) in [6.45, 7) is 13.9. The molecule has 2 heteroatoms. The van der Waals surface area contributed by atoms with E-state index in [1.807, 2.05) is 6.08 Å². The Morgan fingerprint density at radius 3 is 1.62 bits per heavy atom. The molecule has 1 aliphatic rings. The van der Waals surface area contributed by atoms with Gasteiger partial charge in [0.05, 0.1) is 0 Å². The zero-order valence-electron chi connectivity index (χ0n) is 32.4. The Kier molecular flexibility index (Phi) is 26.8. The maximum absolute atomic E-state index is 12.1. The molecule has 0 aromatic rings. The van der Waals surface area contributed by atoms with Crippen molar-refractivity contribution in [2.75, 3.05) is 6.61 Å². The molecule has 0 spiro atoms. The number of hydrogen-bond donors (Lipinski definition) is 0. The van der Waals surface area contributed by atoms with Gasteiger partial charge in [0.15, 0.2) is 0 Å². The van der Waals surface area contributed by atoms with E-state index in [0.717, 1.165) is 18.4 Å². The summed E-state index contributed by atoms with van der Waals surface area (Å²) in [5.74, 6) is -0.0673. The highest BCUT2D eigenvalue weighted by Crippen LogP contribution is 2.40. The monoisotopic (exact) mass is 651 g/mol. The lowest BCUT2D eigenvalue weighted by Crippen LogP contribution is -2.19. The van der Waals surface area contributed by atoms with Gasteiger partial charge in [0.2, 0.25) is 0 Å². The zero-order chi connectivity index (χ0) is 34.4. The lowest BCUT2D eigenvalue weighted by Gasteiger charge is -2.32. The Bertz CT molecular complexity index is 941. The Morgan fingerprint density at radius 1 is 0.681 bits per heavy atom. The van der Waals surface area contributed by atoms with Crippen molar-refractivity contribution in [3.05, 3.63) is 58.7 Å². The van der Waals surface area contributed by atoms with Gasteiger partial charge in [0.1, 0.15) is 6.61 Å². The number of hydrogen-bond acceptors (Lipinski definition) is 2. The molecule has 0 bridgehead atoms. The van der Waals surface area contributed by atoms with Crippen molar-refractivity contribution in [2.45, 2.75) is 208 Å². The second-order valence-corrected chi connectivity index (χ2v) is 15.3. The van der Waals surface area contributed by atoms with Crippen molar-refractivity contribution >= 4 is 5.97 Å². The van der Waals surface area contributed by atoms with Crippen LogP contribution >= 0.6 is 0 Å². The first-order valence-corrected chi connectivity index (χ1v) is 20.3.